The maximum absolute atomic E-state index is 8.35. The van der Waals surface area contributed by atoms with Crippen molar-refractivity contribution in [3.8, 4) is 45.3 Å². The molecule has 353 valence electrons. The minimum Gasteiger partial charge on any atom is -0.501 e. The smallest absolute Gasteiger partial charge is 0.121 e. The average molecular weight is 1100 g/mol. The maximum atomic E-state index is 8.35. The second kappa shape index (κ2) is 19.9. The Morgan fingerprint density at radius 2 is 1.10 bits per heavy atom. The standard InChI is InChI=1S/C39H35N2O.C25H25N2.Ir/c1-23(2)31-21-28(27-12-8-7-9-13-27)22-32(24(3)4)37(31)41-34-15-11-10-14-33(34)40-39(41)30-19-17-26(6)36-29-18-16-25(5)20-35(29)42-38(30)36;1-17(2)20-13-10-14-21(18(3)4)24(20)27-23-16-9-8-15-22(23)26-25(27)19-11-6-5-7-12-19;/h7-18,20-24H,1-6H3;5-11,13-18H,1-4H3;/q2*-1;/i5D3,6D3;;. The summed E-state index contributed by atoms with van der Waals surface area (Å²) >= 11 is 0. The van der Waals surface area contributed by atoms with Gasteiger partial charge < -0.3 is 13.6 Å². The van der Waals surface area contributed by atoms with Crippen LogP contribution in [0.25, 0.3) is 89.3 Å². The first-order valence-electron chi connectivity index (χ1n) is 27.0. The number of benzene rings is 8. The monoisotopic (exact) mass is 1100 g/mol. The van der Waals surface area contributed by atoms with Gasteiger partial charge >= 0.3 is 0 Å². The van der Waals surface area contributed by atoms with Gasteiger partial charge in [-0.1, -0.05) is 158 Å². The molecule has 70 heavy (non-hydrogen) atoms. The van der Waals surface area contributed by atoms with Gasteiger partial charge in [0.1, 0.15) is 5.58 Å². The van der Waals surface area contributed by atoms with Crippen molar-refractivity contribution in [3.63, 3.8) is 0 Å². The van der Waals surface area contributed by atoms with Gasteiger partial charge in [-0.15, -0.1) is 53.6 Å². The number of furan rings is 1. The zero-order valence-electron chi connectivity index (χ0n) is 46.9. The molecule has 0 atom stereocenters. The van der Waals surface area contributed by atoms with E-state index in [4.69, 9.17) is 22.6 Å². The fourth-order valence-corrected chi connectivity index (χ4v) is 9.76. The van der Waals surface area contributed by atoms with Crippen molar-refractivity contribution >= 4 is 44.0 Å². The van der Waals surface area contributed by atoms with Crippen molar-refractivity contribution < 1.29 is 32.7 Å². The van der Waals surface area contributed by atoms with E-state index in [-0.39, 0.29) is 43.1 Å². The molecule has 8 aromatic carbocycles. The van der Waals surface area contributed by atoms with Crippen LogP contribution in [0.5, 0.6) is 0 Å². The Morgan fingerprint density at radius 1 is 0.529 bits per heavy atom. The van der Waals surface area contributed by atoms with E-state index in [0.717, 1.165) is 61.4 Å². The maximum Gasteiger partial charge on any atom is 0.121 e. The van der Waals surface area contributed by atoms with Crippen molar-refractivity contribution in [2.24, 2.45) is 0 Å². The van der Waals surface area contributed by atoms with E-state index in [1.54, 1.807) is 6.07 Å². The second-order valence-corrected chi connectivity index (χ2v) is 19.2. The molecular formula is C64H60IrN4O-2. The third kappa shape index (κ3) is 8.73. The van der Waals surface area contributed by atoms with Crippen molar-refractivity contribution in [3.05, 3.63) is 203 Å². The Hall–Kier alpha value is -6.85. The Labute approximate surface area is 435 Å². The minimum atomic E-state index is -2.46. The molecule has 11 rings (SSSR count). The average Bonchev–Trinajstić information content (AvgIpc) is 4.13. The van der Waals surface area contributed by atoms with Crippen LogP contribution in [0.3, 0.4) is 0 Å². The molecule has 0 amide bonds. The molecule has 3 aromatic heterocycles. The summed E-state index contributed by atoms with van der Waals surface area (Å²) in [6, 6.07) is 58.8. The molecule has 0 fully saturated rings. The fraction of sp³-hybridized carbons (Fsp3) is 0.219. The summed E-state index contributed by atoms with van der Waals surface area (Å²) in [6.07, 6.45) is 0. The van der Waals surface area contributed by atoms with Crippen LogP contribution in [0.1, 0.15) is 121 Å². The molecule has 11 aromatic rings. The summed E-state index contributed by atoms with van der Waals surface area (Å²) in [5, 5.41) is 0.932. The van der Waals surface area contributed by atoms with E-state index in [1.165, 1.54) is 35.0 Å². The summed E-state index contributed by atoms with van der Waals surface area (Å²) in [6.45, 7) is 13.0. The molecule has 0 aliphatic heterocycles. The van der Waals surface area contributed by atoms with E-state index in [2.05, 4.69) is 149 Å². The Bertz CT molecular complexity index is 3830. The van der Waals surface area contributed by atoms with Crippen LogP contribution < -0.4 is 0 Å². The molecule has 0 unspecified atom stereocenters. The van der Waals surface area contributed by atoms with Gasteiger partial charge in [0.25, 0.3) is 0 Å². The van der Waals surface area contributed by atoms with E-state index < -0.39 is 13.7 Å². The third-order valence-corrected chi connectivity index (χ3v) is 13.2. The quantitative estimate of drug-likeness (QED) is 0.135. The zero-order chi connectivity index (χ0) is 53.1. The molecule has 6 heteroatoms. The molecule has 0 aliphatic rings. The molecule has 3 heterocycles. The zero-order valence-corrected chi connectivity index (χ0v) is 43.2. The van der Waals surface area contributed by atoms with Crippen molar-refractivity contribution in [2.75, 3.05) is 0 Å². The number of aryl methyl sites for hydroxylation is 2. The second-order valence-electron chi connectivity index (χ2n) is 19.2. The number of para-hydroxylation sites is 5. The predicted octanol–water partition coefficient (Wildman–Crippen LogP) is 17.7. The first-order valence-corrected chi connectivity index (χ1v) is 24.0. The van der Waals surface area contributed by atoms with Crippen LogP contribution in [-0.2, 0) is 20.1 Å². The third-order valence-electron chi connectivity index (χ3n) is 13.2. The molecular weight excluding hydrogens is 1030 g/mol. The number of hydrogen-bond acceptors (Lipinski definition) is 3. The van der Waals surface area contributed by atoms with Gasteiger partial charge in [0.05, 0.1) is 39.3 Å². The van der Waals surface area contributed by atoms with E-state index in [0.29, 0.717) is 45.2 Å². The summed E-state index contributed by atoms with van der Waals surface area (Å²) in [4.78, 5) is 10.1. The fourth-order valence-electron chi connectivity index (χ4n) is 9.76. The topological polar surface area (TPSA) is 48.8 Å². The number of nitrogens with zero attached hydrogens (tertiary/aromatic N) is 4. The molecule has 1 radical (unpaired) electrons. The van der Waals surface area contributed by atoms with Gasteiger partial charge in [0, 0.05) is 45.1 Å². The molecule has 0 saturated heterocycles. The van der Waals surface area contributed by atoms with Crippen molar-refractivity contribution in [1.82, 2.24) is 19.1 Å². The van der Waals surface area contributed by atoms with Crippen LogP contribution in [0.4, 0.5) is 0 Å². The van der Waals surface area contributed by atoms with Crippen molar-refractivity contribution in [2.45, 2.75) is 92.8 Å². The van der Waals surface area contributed by atoms with Gasteiger partial charge in [-0.3, -0.25) is 9.97 Å². The number of aromatic nitrogens is 4. The van der Waals surface area contributed by atoms with E-state index >= 15 is 0 Å². The summed E-state index contributed by atoms with van der Waals surface area (Å²) in [5.41, 5.74) is 15.7. The van der Waals surface area contributed by atoms with Crippen LogP contribution in [0, 0.1) is 25.8 Å². The predicted molar refractivity (Wildman–Crippen MR) is 289 cm³/mol. The first-order chi connectivity index (χ1) is 35.8. The summed E-state index contributed by atoms with van der Waals surface area (Å²) < 4.78 is 59.8. The van der Waals surface area contributed by atoms with Gasteiger partial charge in [-0.2, -0.15) is 0 Å². The Morgan fingerprint density at radius 3 is 1.69 bits per heavy atom. The van der Waals surface area contributed by atoms with E-state index in [9.17, 15) is 0 Å². The SMILES string of the molecule is CC(C)c1cccc(C(C)C)c1-n1c(-c2[c-]cccc2)nc2ccccc21.[2H]C([2H])([2H])c1ccc2c(c1)oc1c(-c3nc4ccccc4n3-c3c(C(C)C)cc(-c4ccccc4)cc3C(C)C)[c-]cc(C([2H])([2H])[2H])c12.[Ir]. The number of hydrogen-bond donors (Lipinski definition) is 0. The summed E-state index contributed by atoms with van der Waals surface area (Å²) in [5.74, 6) is 2.67. The largest absolute Gasteiger partial charge is 0.501 e. The Kier molecular flexibility index (Phi) is 11.6. The molecule has 0 bridgehead atoms. The normalized spacial score (nSPS) is 13.3. The molecule has 0 spiro atoms. The van der Waals surface area contributed by atoms with E-state index in [1.807, 2.05) is 60.7 Å². The Balaban J connectivity index is 0.000000213. The minimum absolute atomic E-state index is 0. The van der Waals surface area contributed by atoms with Gasteiger partial charge in [-0.25, -0.2) is 0 Å². The number of rotatable bonds is 9. The van der Waals surface area contributed by atoms with Crippen LogP contribution in [0.2, 0.25) is 0 Å². The van der Waals surface area contributed by atoms with Gasteiger partial charge in [0.2, 0.25) is 0 Å². The van der Waals surface area contributed by atoms with Crippen LogP contribution >= 0.6 is 0 Å². The molecule has 0 saturated carbocycles. The van der Waals surface area contributed by atoms with Gasteiger partial charge in [-0.05, 0) is 112 Å². The van der Waals surface area contributed by atoms with Crippen LogP contribution in [-0.4, -0.2) is 19.1 Å². The molecule has 5 nitrogen and oxygen atoms in total. The van der Waals surface area contributed by atoms with Crippen molar-refractivity contribution in [1.29, 1.82) is 0 Å². The first kappa shape index (κ1) is 41.0. The number of imidazole rings is 2. The molecule has 0 aliphatic carbocycles. The van der Waals surface area contributed by atoms with Gasteiger partial charge in [0.15, 0.2) is 0 Å². The molecule has 0 N–H and O–H groups in total. The van der Waals surface area contributed by atoms with Crippen LogP contribution in [0.15, 0.2) is 162 Å². The number of fused-ring (bicyclic) bond motifs is 5. The summed E-state index contributed by atoms with van der Waals surface area (Å²) in [7, 11) is 0.